The predicted octanol–water partition coefficient (Wildman–Crippen LogP) is 3.22. The third kappa shape index (κ3) is 1.80. The highest BCUT2D eigenvalue weighted by atomic mass is 14.7. The van der Waals surface area contributed by atoms with Gasteiger partial charge in [0.15, 0.2) is 0 Å². The molecule has 0 heterocycles. The van der Waals surface area contributed by atoms with Gasteiger partial charge in [0, 0.05) is 6.04 Å². The first-order valence-corrected chi connectivity index (χ1v) is 6.33. The normalized spacial score (nSPS) is 32.8. The summed E-state index contributed by atoms with van der Waals surface area (Å²) in [6.07, 6.45) is 7.52. The van der Waals surface area contributed by atoms with Gasteiger partial charge in [0.25, 0.3) is 0 Å². The minimum atomic E-state index is 0.480. The third-order valence-corrected chi connectivity index (χ3v) is 4.22. The Morgan fingerprint density at radius 2 is 1.62 bits per heavy atom. The number of allylic oxidation sites excluding steroid dienone is 1. The summed E-state index contributed by atoms with van der Waals surface area (Å²) in [5.41, 5.74) is 9.16. The van der Waals surface area contributed by atoms with E-state index in [0.717, 1.165) is 11.8 Å². The molecule has 0 radical (unpaired) electrons. The molecule has 0 aliphatic heterocycles. The maximum absolute atomic E-state index is 6.21. The maximum atomic E-state index is 6.21. The fourth-order valence-corrected chi connectivity index (χ4v) is 3.33. The van der Waals surface area contributed by atoms with Gasteiger partial charge in [-0.15, -0.1) is 0 Å². The average Bonchev–Trinajstić information content (AvgIpc) is 2.54. The van der Waals surface area contributed by atoms with Crippen molar-refractivity contribution < 1.29 is 0 Å². The molecule has 2 atom stereocenters. The fourth-order valence-electron chi connectivity index (χ4n) is 3.33. The van der Waals surface area contributed by atoms with Gasteiger partial charge in [0.05, 0.1) is 0 Å². The second-order valence-electron chi connectivity index (χ2n) is 5.30. The maximum Gasteiger partial charge on any atom is 0.0102 e. The average molecular weight is 213 g/mol. The van der Waals surface area contributed by atoms with Crippen LogP contribution in [0.25, 0.3) is 6.08 Å². The molecule has 2 saturated carbocycles. The summed E-state index contributed by atoms with van der Waals surface area (Å²) in [5, 5.41) is 0. The van der Waals surface area contributed by atoms with Crippen molar-refractivity contribution in [3.05, 3.63) is 41.5 Å². The Morgan fingerprint density at radius 1 is 1.00 bits per heavy atom. The van der Waals surface area contributed by atoms with E-state index in [-0.39, 0.29) is 0 Å². The van der Waals surface area contributed by atoms with E-state index in [0.29, 0.717) is 6.04 Å². The number of nitrogens with two attached hydrogens (primary N) is 1. The smallest absolute Gasteiger partial charge is 0.0102 e. The highest BCUT2D eigenvalue weighted by molar-refractivity contribution is 5.53. The first-order valence-electron chi connectivity index (χ1n) is 6.33. The molecule has 1 aromatic rings. The van der Waals surface area contributed by atoms with Crippen LogP contribution in [-0.4, -0.2) is 6.04 Å². The van der Waals surface area contributed by atoms with Crippen LogP contribution in [0.3, 0.4) is 0 Å². The summed E-state index contributed by atoms with van der Waals surface area (Å²) in [6.45, 7) is 0. The van der Waals surface area contributed by atoms with Crippen LogP contribution in [0.15, 0.2) is 35.9 Å². The minimum Gasteiger partial charge on any atom is -0.327 e. The van der Waals surface area contributed by atoms with E-state index in [1.165, 1.54) is 31.2 Å². The van der Waals surface area contributed by atoms with Crippen molar-refractivity contribution in [1.29, 1.82) is 0 Å². The third-order valence-electron chi connectivity index (χ3n) is 4.22. The van der Waals surface area contributed by atoms with E-state index in [4.69, 9.17) is 5.73 Å². The molecule has 3 rings (SSSR count). The van der Waals surface area contributed by atoms with Gasteiger partial charge in [-0.1, -0.05) is 42.0 Å². The SMILES string of the molecule is NC1C2CCC1CC(=Cc1ccccc1)C2. The number of benzene rings is 1. The molecule has 0 aromatic heterocycles. The first-order chi connectivity index (χ1) is 7.83. The van der Waals surface area contributed by atoms with Crippen LogP contribution in [0, 0.1) is 11.8 Å². The molecule has 2 fully saturated rings. The zero-order valence-electron chi connectivity index (χ0n) is 9.60. The molecule has 2 unspecified atom stereocenters. The van der Waals surface area contributed by atoms with Crippen LogP contribution in [-0.2, 0) is 0 Å². The molecule has 2 bridgehead atoms. The highest BCUT2D eigenvalue weighted by Gasteiger charge is 2.37. The lowest BCUT2D eigenvalue weighted by atomic mass is 9.81. The molecule has 1 nitrogen and oxygen atoms in total. The Hall–Kier alpha value is -1.08. The lowest BCUT2D eigenvalue weighted by molar-refractivity contribution is 0.359. The summed E-state index contributed by atoms with van der Waals surface area (Å²) in [7, 11) is 0. The number of fused-ring (bicyclic) bond motifs is 2. The Balaban J connectivity index is 1.80. The Labute approximate surface area is 97.4 Å². The number of rotatable bonds is 1. The Kier molecular flexibility index (Phi) is 2.56. The van der Waals surface area contributed by atoms with Gasteiger partial charge in [0.2, 0.25) is 0 Å². The summed E-state index contributed by atoms with van der Waals surface area (Å²) in [6, 6.07) is 11.1. The molecule has 2 N–H and O–H groups in total. The van der Waals surface area contributed by atoms with Gasteiger partial charge in [-0.25, -0.2) is 0 Å². The topological polar surface area (TPSA) is 26.0 Å². The molecule has 2 aliphatic rings. The van der Waals surface area contributed by atoms with Crippen LogP contribution in [0.1, 0.15) is 31.2 Å². The molecule has 2 aliphatic carbocycles. The molecule has 1 aromatic carbocycles. The van der Waals surface area contributed by atoms with Crippen LogP contribution < -0.4 is 5.73 Å². The molecule has 0 saturated heterocycles. The lowest BCUT2D eigenvalue weighted by Crippen LogP contribution is -2.35. The van der Waals surface area contributed by atoms with Crippen molar-refractivity contribution in [2.45, 2.75) is 31.7 Å². The van der Waals surface area contributed by atoms with Crippen molar-refractivity contribution in [1.82, 2.24) is 0 Å². The van der Waals surface area contributed by atoms with Gasteiger partial charge in [-0.05, 0) is 43.1 Å². The quantitative estimate of drug-likeness (QED) is 0.761. The van der Waals surface area contributed by atoms with E-state index < -0.39 is 0 Å². The Bertz CT molecular complexity index is 377. The van der Waals surface area contributed by atoms with E-state index in [1.807, 2.05) is 0 Å². The second kappa shape index (κ2) is 4.06. The standard InChI is InChI=1S/C15H19N/c16-15-13-6-7-14(15)10-12(9-13)8-11-4-2-1-3-5-11/h1-5,8,13-15H,6-7,9-10,16H2. The summed E-state index contributed by atoms with van der Waals surface area (Å²) >= 11 is 0. The van der Waals surface area contributed by atoms with Gasteiger partial charge >= 0.3 is 0 Å². The van der Waals surface area contributed by atoms with Crippen LogP contribution >= 0.6 is 0 Å². The second-order valence-corrected chi connectivity index (χ2v) is 5.30. The van der Waals surface area contributed by atoms with Crippen LogP contribution in [0.5, 0.6) is 0 Å². The van der Waals surface area contributed by atoms with Gasteiger partial charge < -0.3 is 5.73 Å². The van der Waals surface area contributed by atoms with E-state index >= 15 is 0 Å². The largest absolute Gasteiger partial charge is 0.327 e. The molecule has 16 heavy (non-hydrogen) atoms. The van der Waals surface area contributed by atoms with Crippen molar-refractivity contribution in [2.24, 2.45) is 17.6 Å². The van der Waals surface area contributed by atoms with E-state index in [1.54, 1.807) is 5.57 Å². The van der Waals surface area contributed by atoms with Crippen molar-refractivity contribution >= 4 is 6.08 Å². The van der Waals surface area contributed by atoms with Crippen LogP contribution in [0.2, 0.25) is 0 Å². The van der Waals surface area contributed by atoms with Gasteiger partial charge in [-0.2, -0.15) is 0 Å². The van der Waals surface area contributed by atoms with E-state index in [2.05, 4.69) is 36.4 Å². The fraction of sp³-hybridized carbons (Fsp3) is 0.467. The highest BCUT2D eigenvalue weighted by Crippen LogP contribution is 2.44. The zero-order valence-corrected chi connectivity index (χ0v) is 9.60. The van der Waals surface area contributed by atoms with Gasteiger partial charge in [-0.3, -0.25) is 0 Å². The Morgan fingerprint density at radius 3 is 2.25 bits per heavy atom. The summed E-state index contributed by atoms with van der Waals surface area (Å²) in [5.74, 6) is 1.52. The molecule has 0 spiro atoms. The summed E-state index contributed by atoms with van der Waals surface area (Å²) < 4.78 is 0. The number of hydrogen-bond donors (Lipinski definition) is 1. The predicted molar refractivity (Wildman–Crippen MR) is 67.8 cm³/mol. The zero-order chi connectivity index (χ0) is 11.0. The molecule has 1 heteroatoms. The molecule has 0 amide bonds. The van der Waals surface area contributed by atoms with Gasteiger partial charge in [0.1, 0.15) is 0 Å². The number of hydrogen-bond acceptors (Lipinski definition) is 1. The minimum absolute atomic E-state index is 0.480. The van der Waals surface area contributed by atoms with Crippen molar-refractivity contribution in [2.75, 3.05) is 0 Å². The molecular formula is C15H19N. The molecule has 84 valence electrons. The monoisotopic (exact) mass is 213 g/mol. The van der Waals surface area contributed by atoms with Crippen molar-refractivity contribution in [3.8, 4) is 0 Å². The van der Waals surface area contributed by atoms with E-state index in [9.17, 15) is 0 Å². The molecular weight excluding hydrogens is 194 g/mol. The van der Waals surface area contributed by atoms with Crippen molar-refractivity contribution in [3.63, 3.8) is 0 Å². The summed E-state index contributed by atoms with van der Waals surface area (Å²) in [4.78, 5) is 0. The first kappa shape index (κ1) is 10.1. The van der Waals surface area contributed by atoms with Crippen LogP contribution in [0.4, 0.5) is 0 Å². The lowest BCUT2D eigenvalue weighted by Gasteiger charge is -2.28.